The van der Waals surface area contributed by atoms with Crippen LogP contribution in [0.3, 0.4) is 0 Å². The van der Waals surface area contributed by atoms with Crippen molar-refractivity contribution in [2.45, 2.75) is 0 Å². The predicted octanol–water partition coefficient (Wildman–Crippen LogP) is 0.860. The molecule has 1 N–H and O–H groups in total. The van der Waals surface area contributed by atoms with Crippen LogP contribution in [0.4, 0.5) is 0 Å². The number of aromatic nitrogens is 2. The van der Waals surface area contributed by atoms with E-state index in [0.717, 1.165) is 0 Å². The van der Waals surface area contributed by atoms with Crippen LogP contribution in [0.5, 0.6) is 5.75 Å². The van der Waals surface area contributed by atoms with E-state index in [-0.39, 0.29) is 11.0 Å². The first-order chi connectivity index (χ1) is 5.77. The van der Waals surface area contributed by atoms with Crippen molar-refractivity contribution in [3.8, 4) is 5.75 Å². The van der Waals surface area contributed by atoms with Crippen molar-refractivity contribution in [1.82, 2.24) is 9.97 Å². The largest absolute Gasteiger partial charge is 0.494 e. The molecule has 0 aliphatic heterocycles. The van der Waals surface area contributed by atoms with Gasteiger partial charge in [-0.05, 0) is 0 Å². The van der Waals surface area contributed by atoms with Crippen LogP contribution in [0, 0.1) is 0 Å². The van der Waals surface area contributed by atoms with Crippen molar-refractivity contribution >= 4 is 16.8 Å². The maximum Gasteiger partial charge on any atom is 0.212 e. The number of oxime groups is 1. The molecular weight excluding hydrogens is 182 g/mol. The standard InChI is InChI=1S/C6H6ClN3O2/c1-12-4-2-8-6(9-3-4)5(7)10-11/h2-3,11H,1H3/b10-5-. The van der Waals surface area contributed by atoms with Gasteiger partial charge in [0.1, 0.15) is 0 Å². The van der Waals surface area contributed by atoms with E-state index in [0.29, 0.717) is 5.75 Å². The van der Waals surface area contributed by atoms with Gasteiger partial charge in [-0.25, -0.2) is 9.97 Å². The molecule has 0 unspecified atom stereocenters. The quantitative estimate of drug-likeness (QED) is 0.424. The van der Waals surface area contributed by atoms with E-state index in [1.807, 2.05) is 0 Å². The zero-order valence-corrected chi connectivity index (χ0v) is 6.99. The summed E-state index contributed by atoms with van der Waals surface area (Å²) in [5.41, 5.74) is 0. The molecule has 1 rings (SSSR count). The highest BCUT2D eigenvalue weighted by molar-refractivity contribution is 6.68. The topological polar surface area (TPSA) is 67.6 Å². The van der Waals surface area contributed by atoms with Gasteiger partial charge in [0.2, 0.25) is 5.17 Å². The molecule has 0 saturated carbocycles. The Morgan fingerprint density at radius 1 is 1.58 bits per heavy atom. The molecule has 0 spiro atoms. The van der Waals surface area contributed by atoms with Crippen molar-refractivity contribution in [3.05, 3.63) is 18.2 Å². The number of hydrogen-bond donors (Lipinski definition) is 1. The highest BCUT2D eigenvalue weighted by atomic mass is 35.5. The third-order valence-electron chi connectivity index (χ3n) is 1.14. The summed E-state index contributed by atoms with van der Waals surface area (Å²) in [5.74, 6) is 0.668. The first-order valence-corrected chi connectivity index (χ1v) is 3.39. The van der Waals surface area contributed by atoms with Crippen LogP contribution in [0.15, 0.2) is 17.5 Å². The second kappa shape index (κ2) is 3.87. The molecule has 0 fully saturated rings. The molecule has 1 aromatic heterocycles. The van der Waals surface area contributed by atoms with E-state index in [4.69, 9.17) is 21.5 Å². The fraction of sp³-hybridized carbons (Fsp3) is 0.167. The summed E-state index contributed by atoms with van der Waals surface area (Å²) < 4.78 is 4.81. The first kappa shape index (κ1) is 8.73. The van der Waals surface area contributed by atoms with Crippen molar-refractivity contribution in [2.75, 3.05) is 7.11 Å². The van der Waals surface area contributed by atoms with E-state index in [1.54, 1.807) is 0 Å². The molecule has 0 aliphatic carbocycles. The van der Waals surface area contributed by atoms with E-state index in [9.17, 15) is 0 Å². The van der Waals surface area contributed by atoms with Crippen molar-refractivity contribution in [1.29, 1.82) is 0 Å². The SMILES string of the molecule is COc1cnc(/C(Cl)=N/O)nc1. The molecule has 12 heavy (non-hydrogen) atoms. The zero-order valence-electron chi connectivity index (χ0n) is 6.23. The Hall–Kier alpha value is -1.36. The number of rotatable bonds is 2. The Bertz CT molecular complexity index is 285. The summed E-state index contributed by atoms with van der Waals surface area (Å²) in [5, 5.41) is 10.8. The van der Waals surface area contributed by atoms with Gasteiger partial charge in [0, 0.05) is 0 Å². The Kier molecular flexibility index (Phi) is 2.82. The Balaban J connectivity index is 2.92. The maximum absolute atomic E-state index is 8.26. The van der Waals surface area contributed by atoms with Gasteiger partial charge in [0.25, 0.3) is 0 Å². The van der Waals surface area contributed by atoms with Gasteiger partial charge in [-0.15, -0.1) is 0 Å². The third-order valence-corrected chi connectivity index (χ3v) is 1.38. The highest BCUT2D eigenvalue weighted by Gasteiger charge is 2.03. The summed E-state index contributed by atoms with van der Waals surface area (Å²) in [6.45, 7) is 0. The number of hydrogen-bond acceptors (Lipinski definition) is 5. The molecular formula is C6H6ClN3O2. The average Bonchev–Trinajstić information content (AvgIpc) is 2.17. The van der Waals surface area contributed by atoms with Crippen LogP contribution < -0.4 is 4.74 Å². The fourth-order valence-corrected chi connectivity index (χ4v) is 0.670. The summed E-state index contributed by atoms with van der Waals surface area (Å²) in [4.78, 5) is 7.52. The van der Waals surface area contributed by atoms with Crippen molar-refractivity contribution in [2.24, 2.45) is 5.16 Å². The van der Waals surface area contributed by atoms with Gasteiger partial charge in [-0.1, -0.05) is 16.8 Å². The molecule has 5 nitrogen and oxygen atoms in total. The number of nitrogens with zero attached hydrogens (tertiary/aromatic N) is 3. The Morgan fingerprint density at radius 2 is 2.17 bits per heavy atom. The predicted molar refractivity (Wildman–Crippen MR) is 42.8 cm³/mol. The minimum absolute atomic E-state index is 0.153. The van der Waals surface area contributed by atoms with Crippen molar-refractivity contribution in [3.63, 3.8) is 0 Å². The summed E-state index contributed by atoms with van der Waals surface area (Å²) in [6.07, 6.45) is 2.85. The lowest BCUT2D eigenvalue weighted by molar-refractivity contribution is 0.320. The van der Waals surface area contributed by atoms with Gasteiger partial charge >= 0.3 is 0 Å². The van der Waals surface area contributed by atoms with E-state index in [2.05, 4.69) is 15.1 Å². The summed E-state index contributed by atoms with van der Waals surface area (Å²) >= 11 is 5.42. The van der Waals surface area contributed by atoms with Crippen molar-refractivity contribution < 1.29 is 9.94 Å². The third kappa shape index (κ3) is 1.82. The van der Waals surface area contributed by atoms with Crippen LogP contribution >= 0.6 is 11.6 Å². The number of methoxy groups -OCH3 is 1. The van der Waals surface area contributed by atoms with Gasteiger partial charge in [0.05, 0.1) is 19.5 Å². The minimum Gasteiger partial charge on any atom is -0.494 e. The maximum atomic E-state index is 8.26. The van der Waals surface area contributed by atoms with Crippen LogP contribution in [0.2, 0.25) is 0 Å². The molecule has 0 bridgehead atoms. The molecule has 64 valence electrons. The lowest BCUT2D eigenvalue weighted by Gasteiger charge is -1.97. The molecule has 1 aromatic rings. The molecule has 0 radical (unpaired) electrons. The second-order valence-electron chi connectivity index (χ2n) is 1.84. The lowest BCUT2D eigenvalue weighted by Crippen LogP contribution is -1.99. The number of halogens is 1. The zero-order chi connectivity index (χ0) is 8.97. The second-order valence-corrected chi connectivity index (χ2v) is 2.20. The molecule has 0 atom stereocenters. The van der Waals surface area contributed by atoms with E-state index < -0.39 is 0 Å². The van der Waals surface area contributed by atoms with Gasteiger partial charge in [-0.3, -0.25) is 0 Å². The lowest BCUT2D eigenvalue weighted by atomic mass is 10.5. The van der Waals surface area contributed by atoms with Gasteiger partial charge < -0.3 is 9.94 Å². The molecule has 1 heterocycles. The first-order valence-electron chi connectivity index (χ1n) is 3.02. The molecule has 0 aromatic carbocycles. The van der Waals surface area contributed by atoms with Crippen LogP contribution in [-0.2, 0) is 0 Å². The van der Waals surface area contributed by atoms with Crippen LogP contribution in [0.1, 0.15) is 5.82 Å². The smallest absolute Gasteiger partial charge is 0.212 e. The fourth-order valence-electron chi connectivity index (χ4n) is 0.573. The highest BCUT2D eigenvalue weighted by Crippen LogP contribution is 2.05. The molecule has 6 heteroatoms. The Labute approximate surface area is 73.7 Å². The van der Waals surface area contributed by atoms with E-state index in [1.165, 1.54) is 19.5 Å². The normalized spacial score (nSPS) is 11.3. The van der Waals surface area contributed by atoms with Crippen LogP contribution in [-0.4, -0.2) is 27.5 Å². The molecule has 0 amide bonds. The van der Waals surface area contributed by atoms with Gasteiger partial charge in [-0.2, -0.15) is 0 Å². The summed E-state index contributed by atoms with van der Waals surface area (Å²) in [7, 11) is 1.50. The molecule has 0 aliphatic rings. The van der Waals surface area contributed by atoms with Crippen LogP contribution in [0.25, 0.3) is 0 Å². The molecule has 0 saturated heterocycles. The average molecular weight is 188 g/mol. The van der Waals surface area contributed by atoms with Gasteiger partial charge in [0.15, 0.2) is 11.6 Å². The summed E-state index contributed by atoms with van der Waals surface area (Å²) in [6, 6.07) is 0. The van der Waals surface area contributed by atoms with E-state index >= 15 is 0 Å². The number of ether oxygens (including phenoxy) is 1. The Morgan fingerprint density at radius 3 is 2.58 bits per heavy atom. The monoisotopic (exact) mass is 187 g/mol. The minimum atomic E-state index is -0.155.